The van der Waals surface area contributed by atoms with Gasteiger partial charge in [-0.25, -0.2) is 19.3 Å². The molecule has 4 aromatic carbocycles. The van der Waals surface area contributed by atoms with Crippen LogP contribution in [0.5, 0.6) is 23.1 Å². The van der Waals surface area contributed by atoms with E-state index in [-0.39, 0.29) is 17.2 Å². The van der Waals surface area contributed by atoms with E-state index in [1.54, 1.807) is 54.4 Å². The summed E-state index contributed by atoms with van der Waals surface area (Å²) in [5.74, 6) is 2.20. The summed E-state index contributed by atoms with van der Waals surface area (Å²) in [5, 5.41) is 15.3. The van der Waals surface area contributed by atoms with Crippen molar-refractivity contribution in [3.8, 4) is 28.8 Å². The van der Waals surface area contributed by atoms with Crippen molar-refractivity contribution in [2.75, 3.05) is 37.3 Å². The Bertz CT molecular complexity index is 2210. The molecule has 51 heavy (non-hydrogen) atoms. The summed E-state index contributed by atoms with van der Waals surface area (Å²) in [7, 11) is 4.42. The summed E-state index contributed by atoms with van der Waals surface area (Å²) in [4.78, 5) is 34.4. The Morgan fingerprint density at radius 3 is 2.24 bits per heavy atom. The number of hydrogen-bond acceptors (Lipinski definition) is 10. The number of fused-ring (bicyclic) bond motifs is 1. The number of urea groups is 1. The third-order valence-corrected chi connectivity index (χ3v) is 7.83. The molecule has 2 heterocycles. The van der Waals surface area contributed by atoms with E-state index >= 15 is 0 Å². The van der Waals surface area contributed by atoms with E-state index in [0.29, 0.717) is 40.0 Å². The Labute approximate surface area is 294 Å². The maximum Gasteiger partial charge on any atom is 0.338 e. The number of ether oxygens (including phenoxy) is 4. The first-order chi connectivity index (χ1) is 24.5. The fourth-order valence-corrected chi connectivity index (χ4v) is 5.22. The van der Waals surface area contributed by atoms with Crippen LogP contribution >= 0.6 is 0 Å². The lowest BCUT2D eigenvalue weighted by Gasteiger charge is -2.14. The third kappa shape index (κ3) is 7.83. The molecule has 0 bridgehead atoms. The fraction of sp³-hybridized carbons (Fsp3) is 0.184. The van der Waals surface area contributed by atoms with E-state index in [1.807, 2.05) is 54.6 Å². The predicted molar refractivity (Wildman–Crippen MR) is 195 cm³/mol. The van der Waals surface area contributed by atoms with E-state index < -0.39 is 12.0 Å². The molecular formula is C38H37N7O6. The van der Waals surface area contributed by atoms with Crippen molar-refractivity contribution in [2.45, 2.75) is 26.2 Å². The molecule has 2 amide bonds. The van der Waals surface area contributed by atoms with Crippen molar-refractivity contribution >= 4 is 45.9 Å². The molecule has 0 saturated carbocycles. The van der Waals surface area contributed by atoms with Gasteiger partial charge in [0.2, 0.25) is 11.8 Å². The molecule has 0 aliphatic carbocycles. The Morgan fingerprint density at radius 2 is 1.53 bits per heavy atom. The van der Waals surface area contributed by atoms with Gasteiger partial charge >= 0.3 is 12.0 Å². The maximum atomic E-state index is 13.5. The van der Waals surface area contributed by atoms with Gasteiger partial charge in [0.25, 0.3) is 0 Å². The maximum absolute atomic E-state index is 13.5. The normalized spacial score (nSPS) is 11.1. The lowest BCUT2D eigenvalue weighted by Crippen LogP contribution is -2.21. The zero-order valence-corrected chi connectivity index (χ0v) is 29.0. The number of methoxy groups -OCH3 is 3. The van der Waals surface area contributed by atoms with Crippen LogP contribution in [0.1, 0.15) is 36.8 Å². The lowest BCUT2D eigenvalue weighted by molar-refractivity contribution is 0.0600. The summed E-state index contributed by atoms with van der Waals surface area (Å²) in [6.07, 6.45) is 1.55. The minimum atomic E-state index is -0.507. The van der Waals surface area contributed by atoms with Gasteiger partial charge in [0, 0.05) is 46.3 Å². The molecule has 0 fully saturated rings. The average molecular weight is 688 g/mol. The van der Waals surface area contributed by atoms with Gasteiger partial charge in [0.05, 0.1) is 44.0 Å². The SMILES string of the molecule is COC(=O)c1cc(Nc2nccc(Oc3ccc(NC(=O)Nc4cc(C(C)(C)C)nn4-c4ccc(OC)cc4)c4ccccc34)n2)cc(OC)c1. The number of carbonyl (C=O) groups excluding carboxylic acids is 2. The third-order valence-electron chi connectivity index (χ3n) is 7.83. The van der Waals surface area contributed by atoms with Crippen LogP contribution in [0.3, 0.4) is 0 Å². The van der Waals surface area contributed by atoms with Crippen LogP contribution in [0.25, 0.3) is 16.5 Å². The molecule has 0 aliphatic heterocycles. The Balaban J connectivity index is 1.22. The van der Waals surface area contributed by atoms with Gasteiger partial charge in [0.1, 0.15) is 23.1 Å². The minimum absolute atomic E-state index is 0.235. The largest absolute Gasteiger partial charge is 0.497 e. The van der Waals surface area contributed by atoms with Crippen molar-refractivity contribution in [2.24, 2.45) is 0 Å². The molecule has 0 spiro atoms. The molecule has 6 aromatic rings. The van der Waals surface area contributed by atoms with E-state index in [1.165, 1.54) is 14.2 Å². The number of rotatable bonds is 10. The standard InChI is InChI=1S/C38H37N7O6/c1-38(2,3)32-22-33(45(44-32)25-11-13-26(48-4)14-12-25)42-37(47)41-30-15-16-31(29-10-8-7-9-28(29)30)51-34-17-18-39-36(43-34)40-24-19-23(35(46)50-6)20-27(21-24)49-5/h7-22H,1-6H3,(H,39,40,43)(H2,41,42,47). The average Bonchev–Trinajstić information content (AvgIpc) is 3.56. The van der Waals surface area contributed by atoms with Crippen LogP contribution < -0.4 is 30.2 Å². The van der Waals surface area contributed by atoms with E-state index in [2.05, 4.69) is 46.7 Å². The van der Waals surface area contributed by atoms with Crippen molar-refractivity contribution in [1.29, 1.82) is 0 Å². The Morgan fingerprint density at radius 1 is 0.784 bits per heavy atom. The first-order valence-corrected chi connectivity index (χ1v) is 15.9. The Kier molecular flexibility index (Phi) is 9.71. The highest BCUT2D eigenvalue weighted by atomic mass is 16.5. The summed E-state index contributed by atoms with van der Waals surface area (Å²) in [6.45, 7) is 6.19. The zero-order chi connectivity index (χ0) is 36.1. The molecule has 13 nitrogen and oxygen atoms in total. The second-order valence-corrected chi connectivity index (χ2v) is 12.4. The monoisotopic (exact) mass is 687 g/mol. The van der Waals surface area contributed by atoms with E-state index in [9.17, 15) is 9.59 Å². The number of esters is 1. The zero-order valence-electron chi connectivity index (χ0n) is 29.0. The first kappa shape index (κ1) is 34.2. The second-order valence-electron chi connectivity index (χ2n) is 12.4. The highest BCUT2D eigenvalue weighted by molar-refractivity contribution is 6.07. The molecular weight excluding hydrogens is 650 g/mol. The molecule has 2 aromatic heterocycles. The lowest BCUT2D eigenvalue weighted by atomic mass is 9.92. The predicted octanol–water partition coefficient (Wildman–Crippen LogP) is 8.10. The van der Waals surface area contributed by atoms with Gasteiger partial charge in [0.15, 0.2) is 0 Å². The topological polar surface area (TPSA) is 151 Å². The van der Waals surface area contributed by atoms with Gasteiger partial charge < -0.3 is 29.6 Å². The summed E-state index contributed by atoms with van der Waals surface area (Å²) < 4.78 is 23.4. The van der Waals surface area contributed by atoms with Crippen molar-refractivity contribution < 1.29 is 28.5 Å². The quantitative estimate of drug-likeness (QED) is 0.121. The van der Waals surface area contributed by atoms with Gasteiger partial charge in [-0.15, -0.1) is 0 Å². The van der Waals surface area contributed by atoms with E-state index in [4.69, 9.17) is 24.0 Å². The molecule has 0 saturated heterocycles. The molecule has 0 unspecified atom stereocenters. The van der Waals surface area contributed by atoms with Gasteiger partial charge in [-0.3, -0.25) is 5.32 Å². The number of aromatic nitrogens is 4. The van der Waals surface area contributed by atoms with Crippen LogP contribution in [0.4, 0.5) is 27.9 Å². The van der Waals surface area contributed by atoms with Crippen LogP contribution in [-0.4, -0.2) is 53.1 Å². The Hall–Kier alpha value is -6.63. The van der Waals surface area contributed by atoms with Gasteiger partial charge in [-0.1, -0.05) is 45.0 Å². The van der Waals surface area contributed by atoms with Crippen LogP contribution in [0.2, 0.25) is 0 Å². The summed E-state index contributed by atoms with van der Waals surface area (Å²) in [5.41, 5.74) is 2.74. The number of nitrogens with zero attached hydrogens (tertiary/aromatic N) is 4. The number of anilines is 4. The number of amides is 2. The molecule has 0 atom stereocenters. The fourth-order valence-electron chi connectivity index (χ4n) is 5.22. The van der Waals surface area contributed by atoms with Crippen LogP contribution in [0.15, 0.2) is 97.2 Å². The van der Waals surface area contributed by atoms with Gasteiger partial charge in [-0.05, 0) is 48.5 Å². The van der Waals surface area contributed by atoms with Crippen molar-refractivity contribution in [3.63, 3.8) is 0 Å². The first-order valence-electron chi connectivity index (χ1n) is 15.9. The molecule has 0 aliphatic rings. The van der Waals surface area contributed by atoms with E-state index in [0.717, 1.165) is 22.2 Å². The molecule has 3 N–H and O–H groups in total. The van der Waals surface area contributed by atoms with Crippen LogP contribution in [0, 0.1) is 0 Å². The smallest absolute Gasteiger partial charge is 0.338 e. The number of hydrogen-bond donors (Lipinski definition) is 3. The molecule has 0 radical (unpaired) electrons. The van der Waals surface area contributed by atoms with Crippen molar-refractivity contribution in [1.82, 2.24) is 19.7 Å². The number of nitrogens with one attached hydrogen (secondary N) is 3. The number of carbonyl (C=O) groups is 2. The molecule has 6 rings (SSSR count). The van der Waals surface area contributed by atoms with Gasteiger partial charge in [-0.2, -0.15) is 10.1 Å². The molecule has 260 valence electrons. The summed E-state index contributed by atoms with van der Waals surface area (Å²) in [6, 6.07) is 26.5. The second kappa shape index (κ2) is 14.5. The van der Waals surface area contributed by atoms with Crippen LogP contribution in [-0.2, 0) is 10.2 Å². The summed E-state index contributed by atoms with van der Waals surface area (Å²) >= 11 is 0. The highest BCUT2D eigenvalue weighted by Crippen LogP contribution is 2.35. The van der Waals surface area contributed by atoms with Crippen molar-refractivity contribution in [3.05, 3.63) is 108 Å². The molecule has 13 heteroatoms. The minimum Gasteiger partial charge on any atom is -0.497 e. The number of benzene rings is 4. The highest BCUT2D eigenvalue weighted by Gasteiger charge is 2.22.